The fourth-order valence-electron chi connectivity index (χ4n) is 2.05. The lowest BCUT2D eigenvalue weighted by atomic mass is 10.1. The van der Waals surface area contributed by atoms with E-state index in [0.29, 0.717) is 22.1 Å². The second kappa shape index (κ2) is 8.21. The number of ether oxygens (including phenoxy) is 2. The number of methoxy groups -OCH3 is 2. The summed E-state index contributed by atoms with van der Waals surface area (Å²) in [6, 6.07) is 11.6. The molecule has 0 atom stereocenters. The summed E-state index contributed by atoms with van der Waals surface area (Å²) in [6.07, 6.45) is 0.0795. The minimum Gasteiger partial charge on any atom is -0.493 e. The molecular formula is C17H17ClN2O4. The Morgan fingerprint density at radius 2 is 1.75 bits per heavy atom. The summed E-state index contributed by atoms with van der Waals surface area (Å²) in [7, 11) is 3.06. The maximum atomic E-state index is 11.9. The van der Waals surface area contributed by atoms with Crippen LogP contribution in [0.4, 0.5) is 0 Å². The lowest BCUT2D eigenvalue weighted by Crippen LogP contribution is -2.42. The summed E-state index contributed by atoms with van der Waals surface area (Å²) >= 11 is 5.82. The first-order valence-corrected chi connectivity index (χ1v) is 7.47. The lowest BCUT2D eigenvalue weighted by Gasteiger charge is -2.10. The van der Waals surface area contributed by atoms with Gasteiger partial charge in [0, 0.05) is 10.6 Å². The molecule has 7 heteroatoms. The molecule has 2 N–H and O–H groups in total. The normalized spacial score (nSPS) is 9.96. The number of hydrogen-bond donors (Lipinski definition) is 2. The van der Waals surface area contributed by atoms with Gasteiger partial charge in [-0.25, -0.2) is 0 Å². The zero-order valence-electron chi connectivity index (χ0n) is 13.3. The van der Waals surface area contributed by atoms with E-state index >= 15 is 0 Å². The van der Waals surface area contributed by atoms with Crippen LogP contribution in [0.3, 0.4) is 0 Å². The van der Waals surface area contributed by atoms with Crippen LogP contribution in [0, 0.1) is 0 Å². The van der Waals surface area contributed by atoms with Gasteiger partial charge in [-0.2, -0.15) is 0 Å². The largest absolute Gasteiger partial charge is 0.493 e. The van der Waals surface area contributed by atoms with Gasteiger partial charge < -0.3 is 9.47 Å². The molecule has 126 valence electrons. The van der Waals surface area contributed by atoms with Crippen molar-refractivity contribution in [1.29, 1.82) is 0 Å². The van der Waals surface area contributed by atoms with Gasteiger partial charge in [-0.05, 0) is 35.9 Å². The average Bonchev–Trinajstić information content (AvgIpc) is 2.59. The van der Waals surface area contributed by atoms with E-state index in [9.17, 15) is 9.59 Å². The first kappa shape index (κ1) is 17.6. The van der Waals surface area contributed by atoms with Crippen LogP contribution in [0.25, 0.3) is 0 Å². The second-order valence-electron chi connectivity index (χ2n) is 4.88. The molecule has 2 aromatic carbocycles. The molecule has 0 fully saturated rings. The molecule has 0 bridgehead atoms. The van der Waals surface area contributed by atoms with Crippen LogP contribution < -0.4 is 20.3 Å². The van der Waals surface area contributed by atoms with E-state index < -0.39 is 5.91 Å². The lowest BCUT2D eigenvalue weighted by molar-refractivity contribution is -0.121. The average molecular weight is 349 g/mol. The molecule has 24 heavy (non-hydrogen) atoms. The van der Waals surface area contributed by atoms with Gasteiger partial charge in [0.2, 0.25) is 5.91 Å². The molecule has 0 saturated heterocycles. The van der Waals surface area contributed by atoms with Gasteiger partial charge in [-0.1, -0.05) is 23.7 Å². The quantitative estimate of drug-likeness (QED) is 0.813. The maximum Gasteiger partial charge on any atom is 0.269 e. The first-order chi connectivity index (χ1) is 11.5. The molecule has 2 aromatic rings. The summed E-state index contributed by atoms with van der Waals surface area (Å²) in [6.45, 7) is 0. The topological polar surface area (TPSA) is 76.7 Å². The SMILES string of the molecule is COc1ccc(CC(=O)NNC(=O)c2cccc(Cl)c2)cc1OC. The molecule has 2 amide bonds. The van der Waals surface area contributed by atoms with Crippen molar-refractivity contribution >= 4 is 23.4 Å². The zero-order chi connectivity index (χ0) is 17.5. The Kier molecular flexibility index (Phi) is 6.03. The number of nitrogens with one attached hydrogen (secondary N) is 2. The predicted molar refractivity (Wildman–Crippen MR) is 90.3 cm³/mol. The van der Waals surface area contributed by atoms with E-state index in [4.69, 9.17) is 21.1 Å². The number of carbonyl (C=O) groups excluding carboxylic acids is 2. The fourth-order valence-corrected chi connectivity index (χ4v) is 2.24. The number of amides is 2. The molecular weight excluding hydrogens is 332 g/mol. The van der Waals surface area contributed by atoms with Gasteiger partial charge in [0.05, 0.1) is 20.6 Å². The van der Waals surface area contributed by atoms with Crippen molar-refractivity contribution in [2.75, 3.05) is 14.2 Å². The third kappa shape index (κ3) is 4.63. The van der Waals surface area contributed by atoms with E-state index in [1.165, 1.54) is 20.3 Å². The predicted octanol–water partition coefficient (Wildman–Crippen LogP) is 2.36. The number of benzene rings is 2. The molecule has 0 aromatic heterocycles. The summed E-state index contributed by atoms with van der Waals surface area (Å²) in [4.78, 5) is 23.9. The van der Waals surface area contributed by atoms with Crippen molar-refractivity contribution in [3.63, 3.8) is 0 Å². The van der Waals surface area contributed by atoms with E-state index in [-0.39, 0.29) is 12.3 Å². The Hall–Kier alpha value is -2.73. The van der Waals surface area contributed by atoms with E-state index in [1.54, 1.807) is 36.4 Å². The summed E-state index contributed by atoms with van der Waals surface area (Å²) < 4.78 is 10.3. The Bertz CT molecular complexity index is 749. The summed E-state index contributed by atoms with van der Waals surface area (Å²) in [5, 5.41) is 0.444. The number of hydrazine groups is 1. The Labute approximate surface area is 144 Å². The molecule has 0 aliphatic heterocycles. The van der Waals surface area contributed by atoms with Crippen LogP contribution in [-0.2, 0) is 11.2 Å². The van der Waals surface area contributed by atoms with Crippen LogP contribution in [0.15, 0.2) is 42.5 Å². The second-order valence-corrected chi connectivity index (χ2v) is 5.32. The van der Waals surface area contributed by atoms with Gasteiger partial charge in [0.15, 0.2) is 11.5 Å². The highest BCUT2D eigenvalue weighted by atomic mass is 35.5. The monoisotopic (exact) mass is 348 g/mol. The van der Waals surface area contributed by atoms with Gasteiger partial charge in [-0.3, -0.25) is 20.4 Å². The van der Waals surface area contributed by atoms with Crippen molar-refractivity contribution in [3.8, 4) is 11.5 Å². The number of halogens is 1. The van der Waals surface area contributed by atoms with Crippen LogP contribution in [0.1, 0.15) is 15.9 Å². The highest BCUT2D eigenvalue weighted by Gasteiger charge is 2.10. The van der Waals surface area contributed by atoms with Crippen LogP contribution >= 0.6 is 11.6 Å². The van der Waals surface area contributed by atoms with Gasteiger partial charge in [0.1, 0.15) is 0 Å². The van der Waals surface area contributed by atoms with Gasteiger partial charge in [-0.15, -0.1) is 0 Å². The van der Waals surface area contributed by atoms with Crippen LogP contribution in [0.2, 0.25) is 5.02 Å². The molecule has 0 spiro atoms. The molecule has 0 aliphatic carbocycles. The molecule has 0 radical (unpaired) electrons. The van der Waals surface area contributed by atoms with Crippen LogP contribution in [0.5, 0.6) is 11.5 Å². The molecule has 0 saturated carbocycles. The molecule has 6 nitrogen and oxygen atoms in total. The minimum atomic E-state index is -0.446. The number of rotatable bonds is 5. The molecule has 0 heterocycles. The Balaban J connectivity index is 1.92. The molecule has 0 aliphatic rings. The number of hydrogen-bond acceptors (Lipinski definition) is 4. The van der Waals surface area contributed by atoms with Crippen LogP contribution in [-0.4, -0.2) is 26.0 Å². The minimum absolute atomic E-state index is 0.0795. The zero-order valence-corrected chi connectivity index (χ0v) is 14.0. The van der Waals surface area contributed by atoms with Gasteiger partial charge in [0.25, 0.3) is 5.91 Å². The Morgan fingerprint density at radius 3 is 2.42 bits per heavy atom. The van der Waals surface area contributed by atoms with Crippen molar-refractivity contribution in [2.45, 2.75) is 6.42 Å². The van der Waals surface area contributed by atoms with Crippen molar-refractivity contribution < 1.29 is 19.1 Å². The summed E-state index contributed by atoms with van der Waals surface area (Å²) in [5.74, 6) is 0.303. The number of carbonyl (C=O) groups is 2. The third-order valence-corrected chi connectivity index (χ3v) is 3.45. The first-order valence-electron chi connectivity index (χ1n) is 7.09. The molecule has 0 unspecified atom stereocenters. The standard InChI is InChI=1S/C17H17ClN2O4/c1-23-14-7-6-11(8-15(14)24-2)9-16(21)19-20-17(22)12-4-3-5-13(18)10-12/h3-8,10H,9H2,1-2H3,(H,19,21)(H,20,22). The molecule has 2 rings (SSSR count). The van der Waals surface area contributed by atoms with Crippen molar-refractivity contribution in [3.05, 3.63) is 58.6 Å². The fraction of sp³-hybridized carbons (Fsp3) is 0.176. The van der Waals surface area contributed by atoms with Gasteiger partial charge >= 0.3 is 0 Å². The highest BCUT2D eigenvalue weighted by molar-refractivity contribution is 6.30. The Morgan fingerprint density at radius 1 is 1.00 bits per heavy atom. The van der Waals surface area contributed by atoms with E-state index in [0.717, 1.165) is 5.56 Å². The van der Waals surface area contributed by atoms with Crippen molar-refractivity contribution in [2.24, 2.45) is 0 Å². The van der Waals surface area contributed by atoms with Crippen molar-refractivity contribution in [1.82, 2.24) is 10.9 Å². The maximum absolute atomic E-state index is 11.9. The third-order valence-electron chi connectivity index (χ3n) is 3.21. The summed E-state index contributed by atoms with van der Waals surface area (Å²) in [5.41, 5.74) is 5.79. The van der Waals surface area contributed by atoms with E-state index in [1.807, 2.05) is 0 Å². The smallest absolute Gasteiger partial charge is 0.269 e. The van der Waals surface area contributed by atoms with E-state index in [2.05, 4.69) is 10.9 Å². The highest BCUT2D eigenvalue weighted by Crippen LogP contribution is 2.27.